The third-order valence-corrected chi connectivity index (χ3v) is 6.37. The molecule has 0 amide bonds. The fourth-order valence-electron chi connectivity index (χ4n) is 3.35. The van der Waals surface area contributed by atoms with Gasteiger partial charge in [-0.2, -0.15) is 5.10 Å². The van der Waals surface area contributed by atoms with Crippen LogP contribution in [0.15, 0.2) is 48.9 Å². The van der Waals surface area contributed by atoms with Crippen molar-refractivity contribution in [3.63, 3.8) is 0 Å². The first-order valence-corrected chi connectivity index (χ1v) is 11.5. The number of aromatic nitrogens is 3. The van der Waals surface area contributed by atoms with Crippen LogP contribution >= 0.6 is 0 Å². The van der Waals surface area contributed by atoms with E-state index in [1.54, 1.807) is 31.6 Å². The first-order valence-electron chi connectivity index (χ1n) is 9.82. The lowest BCUT2D eigenvalue weighted by Gasteiger charge is -2.12. The van der Waals surface area contributed by atoms with Crippen LogP contribution in [0, 0.1) is 17.5 Å². The number of hydrogen-bond donors (Lipinski definition) is 2. The Hall–Kier alpha value is -3.73. The fourth-order valence-corrected chi connectivity index (χ4v) is 4.47. The molecule has 0 saturated heterocycles. The van der Waals surface area contributed by atoms with E-state index in [9.17, 15) is 22.0 Å². The predicted molar refractivity (Wildman–Crippen MR) is 117 cm³/mol. The second-order valence-electron chi connectivity index (χ2n) is 7.28. The van der Waals surface area contributed by atoms with Gasteiger partial charge in [0.25, 0.3) is 0 Å². The zero-order valence-electron chi connectivity index (χ0n) is 17.2. The third-order valence-electron chi connectivity index (χ3n) is 4.90. The Kier molecular flexibility index (Phi) is 5.90. The van der Waals surface area contributed by atoms with Gasteiger partial charge in [-0.05, 0) is 30.7 Å². The Bertz CT molecular complexity index is 1470. The number of ketones is 1. The molecule has 2 aromatic carbocycles. The van der Waals surface area contributed by atoms with Crippen molar-refractivity contribution in [1.29, 1.82) is 0 Å². The lowest BCUT2D eigenvalue weighted by Crippen LogP contribution is -2.19. The van der Waals surface area contributed by atoms with Gasteiger partial charge in [0.05, 0.1) is 28.7 Å². The SMILES string of the molecule is CCCS(=O)(=O)Nc1cc(F)c(F)c(C(=O)c2ccc3ncc(-c4cn[nH]c4)cc3c2)c1F. The number of anilines is 1. The van der Waals surface area contributed by atoms with Crippen molar-refractivity contribution in [2.24, 2.45) is 0 Å². The van der Waals surface area contributed by atoms with Gasteiger partial charge in [0.2, 0.25) is 10.0 Å². The van der Waals surface area contributed by atoms with E-state index in [4.69, 9.17) is 0 Å². The van der Waals surface area contributed by atoms with Crippen molar-refractivity contribution in [3.05, 3.63) is 77.5 Å². The monoisotopic (exact) mass is 474 g/mol. The number of carbonyl (C=O) groups is 1. The van der Waals surface area contributed by atoms with E-state index in [0.717, 1.165) is 5.56 Å². The van der Waals surface area contributed by atoms with Crippen LogP contribution in [-0.2, 0) is 10.0 Å². The minimum absolute atomic E-state index is 0.126. The maximum Gasteiger partial charge on any atom is 0.232 e. The summed E-state index contributed by atoms with van der Waals surface area (Å²) in [5, 5.41) is 7.04. The average molecular weight is 474 g/mol. The molecule has 33 heavy (non-hydrogen) atoms. The molecule has 0 spiro atoms. The summed E-state index contributed by atoms with van der Waals surface area (Å²) in [7, 11) is -4.01. The van der Waals surface area contributed by atoms with Crippen molar-refractivity contribution in [2.45, 2.75) is 13.3 Å². The molecule has 0 aliphatic rings. The third kappa shape index (κ3) is 4.44. The number of fused-ring (bicyclic) bond motifs is 1. The number of nitrogens with one attached hydrogen (secondary N) is 2. The maximum absolute atomic E-state index is 15.0. The van der Waals surface area contributed by atoms with Gasteiger partial charge in [-0.3, -0.25) is 19.6 Å². The van der Waals surface area contributed by atoms with E-state index in [-0.39, 0.29) is 17.7 Å². The first kappa shape index (κ1) is 22.5. The zero-order valence-corrected chi connectivity index (χ0v) is 18.0. The van der Waals surface area contributed by atoms with Crippen molar-refractivity contribution in [2.75, 3.05) is 10.5 Å². The summed E-state index contributed by atoms with van der Waals surface area (Å²) < 4.78 is 69.5. The molecule has 11 heteroatoms. The second kappa shape index (κ2) is 8.66. The van der Waals surface area contributed by atoms with Crippen molar-refractivity contribution in [3.8, 4) is 11.1 Å². The molecule has 0 aliphatic heterocycles. The van der Waals surface area contributed by atoms with Crippen LogP contribution in [0.25, 0.3) is 22.0 Å². The molecular formula is C22H17F3N4O3S. The Balaban J connectivity index is 1.78. The van der Waals surface area contributed by atoms with E-state index in [2.05, 4.69) is 15.2 Å². The number of rotatable bonds is 7. The number of benzene rings is 2. The molecule has 0 fully saturated rings. The standard InChI is InChI=1S/C22H17F3N4O3S/c1-2-5-33(31,32)29-18-8-16(23)20(24)19(21(18)25)22(30)12-3-4-17-13(6-12)7-14(9-26-17)15-10-27-28-11-15/h3-4,6-11,29H,2,5H2,1H3,(H,27,28). The quantitative estimate of drug-likeness (QED) is 0.305. The topological polar surface area (TPSA) is 105 Å². The number of carbonyl (C=O) groups excluding carboxylic acids is 1. The molecule has 4 rings (SSSR count). The molecule has 0 bridgehead atoms. The molecule has 2 N–H and O–H groups in total. The van der Waals surface area contributed by atoms with E-state index in [0.29, 0.717) is 22.5 Å². The summed E-state index contributed by atoms with van der Waals surface area (Å²) in [5.41, 5.74) is -0.201. The largest absolute Gasteiger partial charge is 0.288 e. The Morgan fingerprint density at radius 1 is 1.06 bits per heavy atom. The van der Waals surface area contributed by atoms with Crippen LogP contribution in [0.2, 0.25) is 0 Å². The Morgan fingerprint density at radius 2 is 1.85 bits per heavy atom. The fraction of sp³-hybridized carbons (Fsp3) is 0.136. The van der Waals surface area contributed by atoms with Crippen LogP contribution in [0.4, 0.5) is 18.9 Å². The maximum atomic E-state index is 15.0. The number of aromatic amines is 1. The number of pyridine rings is 1. The summed E-state index contributed by atoms with van der Waals surface area (Å²) >= 11 is 0. The molecule has 4 aromatic rings. The van der Waals surface area contributed by atoms with Gasteiger partial charge in [0.15, 0.2) is 23.2 Å². The van der Waals surface area contributed by atoms with Crippen molar-refractivity contribution in [1.82, 2.24) is 15.2 Å². The molecule has 0 radical (unpaired) electrons. The smallest absolute Gasteiger partial charge is 0.232 e. The van der Waals surface area contributed by atoms with Gasteiger partial charge < -0.3 is 0 Å². The van der Waals surface area contributed by atoms with E-state index in [1.807, 2.05) is 4.72 Å². The molecule has 0 aliphatic carbocycles. The van der Waals surface area contributed by atoms with Gasteiger partial charge in [0, 0.05) is 40.5 Å². The van der Waals surface area contributed by atoms with Crippen LogP contribution < -0.4 is 4.72 Å². The summed E-state index contributed by atoms with van der Waals surface area (Å²) in [4.78, 5) is 17.3. The van der Waals surface area contributed by atoms with Gasteiger partial charge in [-0.1, -0.05) is 6.92 Å². The molecule has 2 heterocycles. The number of nitrogens with zero attached hydrogens (tertiary/aromatic N) is 2. The zero-order chi connectivity index (χ0) is 23.8. The molecule has 0 atom stereocenters. The van der Waals surface area contributed by atoms with Crippen LogP contribution in [0.1, 0.15) is 29.3 Å². The Morgan fingerprint density at radius 3 is 2.55 bits per heavy atom. The van der Waals surface area contributed by atoms with Gasteiger partial charge in [-0.25, -0.2) is 21.6 Å². The minimum Gasteiger partial charge on any atom is -0.288 e. The summed E-state index contributed by atoms with van der Waals surface area (Å²) in [5.74, 6) is -6.26. The molecule has 0 unspecified atom stereocenters. The van der Waals surface area contributed by atoms with Crippen LogP contribution in [0.3, 0.4) is 0 Å². The average Bonchev–Trinajstić information content (AvgIpc) is 3.31. The normalized spacial score (nSPS) is 11.6. The van der Waals surface area contributed by atoms with Gasteiger partial charge >= 0.3 is 0 Å². The van der Waals surface area contributed by atoms with E-state index < -0.39 is 44.5 Å². The molecule has 7 nitrogen and oxygen atoms in total. The highest BCUT2D eigenvalue weighted by Gasteiger charge is 2.27. The van der Waals surface area contributed by atoms with Gasteiger partial charge in [0.1, 0.15) is 0 Å². The summed E-state index contributed by atoms with van der Waals surface area (Å²) in [6.07, 6.45) is 5.06. The summed E-state index contributed by atoms with van der Waals surface area (Å²) in [6.45, 7) is 1.59. The minimum atomic E-state index is -4.01. The van der Waals surface area contributed by atoms with Crippen LogP contribution in [0.5, 0.6) is 0 Å². The summed E-state index contributed by atoms with van der Waals surface area (Å²) in [6, 6.07) is 6.25. The van der Waals surface area contributed by atoms with E-state index >= 15 is 4.39 Å². The van der Waals surface area contributed by atoms with Crippen LogP contribution in [-0.4, -0.2) is 35.1 Å². The molecular weight excluding hydrogens is 457 g/mol. The van der Waals surface area contributed by atoms with Crippen molar-refractivity contribution < 1.29 is 26.4 Å². The lowest BCUT2D eigenvalue weighted by atomic mass is 9.99. The van der Waals surface area contributed by atoms with E-state index in [1.165, 1.54) is 18.2 Å². The van der Waals surface area contributed by atoms with Crippen molar-refractivity contribution >= 4 is 32.4 Å². The van der Waals surface area contributed by atoms with Gasteiger partial charge in [-0.15, -0.1) is 0 Å². The predicted octanol–water partition coefficient (Wildman–Crippen LogP) is 4.42. The highest BCUT2D eigenvalue weighted by molar-refractivity contribution is 7.92. The number of H-pyrrole nitrogens is 1. The number of hydrogen-bond acceptors (Lipinski definition) is 5. The second-order valence-corrected chi connectivity index (χ2v) is 9.12. The molecule has 2 aromatic heterocycles. The molecule has 170 valence electrons. The number of sulfonamides is 1. The number of halogens is 3. The highest BCUT2D eigenvalue weighted by atomic mass is 32.2. The molecule has 0 saturated carbocycles. The first-order chi connectivity index (χ1) is 15.7. The highest BCUT2D eigenvalue weighted by Crippen LogP contribution is 2.29. The lowest BCUT2D eigenvalue weighted by molar-refractivity contribution is 0.103. The Labute approximate surface area is 186 Å².